The maximum atomic E-state index is 14.7. The number of nitrogens with zero attached hydrogens (tertiary/aromatic N) is 2. The van der Waals surface area contributed by atoms with Crippen LogP contribution in [0.1, 0.15) is 44.6 Å². The van der Waals surface area contributed by atoms with Crippen molar-refractivity contribution in [1.82, 2.24) is 10.2 Å². The summed E-state index contributed by atoms with van der Waals surface area (Å²) in [6.45, 7) is 0.784. The molecule has 0 aliphatic heterocycles. The van der Waals surface area contributed by atoms with Crippen LogP contribution in [0.15, 0.2) is 83.8 Å². The first-order chi connectivity index (χ1) is 19.7. The fourth-order valence-electron chi connectivity index (χ4n) is 4.96. The van der Waals surface area contributed by atoms with Gasteiger partial charge in [0.25, 0.3) is 10.0 Å². The van der Waals surface area contributed by atoms with Gasteiger partial charge in [0.1, 0.15) is 24.2 Å². The van der Waals surface area contributed by atoms with Gasteiger partial charge in [-0.1, -0.05) is 55.7 Å². The highest BCUT2D eigenvalue weighted by atomic mass is 32.2. The second kappa shape index (κ2) is 13.6. The molecule has 1 aliphatic rings. The molecule has 1 aliphatic carbocycles. The molecule has 1 saturated carbocycles. The summed E-state index contributed by atoms with van der Waals surface area (Å²) in [6, 6.07) is 19.2. The maximum Gasteiger partial charge on any atom is 0.264 e. The average Bonchev–Trinajstić information content (AvgIpc) is 3.00. The van der Waals surface area contributed by atoms with E-state index in [2.05, 4.69) is 5.32 Å². The van der Waals surface area contributed by atoms with E-state index < -0.39 is 34.3 Å². The van der Waals surface area contributed by atoms with Crippen LogP contribution in [0.4, 0.5) is 10.1 Å². The molecule has 0 saturated heterocycles. The number of carbonyl (C=O) groups excluding carboxylic acids is 2. The molecule has 0 spiro atoms. The molecule has 2 amide bonds. The van der Waals surface area contributed by atoms with E-state index in [0.29, 0.717) is 5.75 Å². The molecule has 41 heavy (non-hydrogen) atoms. The predicted molar refractivity (Wildman–Crippen MR) is 155 cm³/mol. The van der Waals surface area contributed by atoms with Crippen LogP contribution in [0.3, 0.4) is 0 Å². The number of sulfonamides is 1. The molecule has 0 heterocycles. The molecule has 1 N–H and O–H groups in total. The van der Waals surface area contributed by atoms with Gasteiger partial charge in [-0.15, -0.1) is 0 Å². The van der Waals surface area contributed by atoms with E-state index in [0.717, 1.165) is 36.4 Å². The van der Waals surface area contributed by atoms with Gasteiger partial charge in [0.15, 0.2) is 0 Å². The highest BCUT2D eigenvalue weighted by Gasteiger charge is 2.33. The highest BCUT2D eigenvalue weighted by molar-refractivity contribution is 7.92. The number of nitrogens with one attached hydrogen (secondary N) is 1. The van der Waals surface area contributed by atoms with Gasteiger partial charge in [-0.3, -0.25) is 13.9 Å². The lowest BCUT2D eigenvalue weighted by Gasteiger charge is -2.33. The van der Waals surface area contributed by atoms with Gasteiger partial charge in [-0.25, -0.2) is 12.8 Å². The SMILES string of the molecule is COc1ccc(N(CC(=O)N(Cc2ccccc2F)[C@@H](C)C(=O)NC2CCCCC2)S(=O)(=O)c2ccccc2)cc1. The molecule has 3 aromatic carbocycles. The number of amides is 2. The van der Waals surface area contributed by atoms with Gasteiger partial charge in [-0.05, 0) is 62.2 Å². The Labute approximate surface area is 241 Å². The first-order valence-electron chi connectivity index (χ1n) is 13.8. The number of hydrogen-bond acceptors (Lipinski definition) is 5. The third-order valence-corrected chi connectivity index (χ3v) is 9.18. The van der Waals surface area contributed by atoms with Crippen LogP contribution < -0.4 is 14.4 Å². The van der Waals surface area contributed by atoms with Crippen molar-refractivity contribution in [3.05, 3.63) is 90.2 Å². The van der Waals surface area contributed by atoms with Gasteiger partial charge >= 0.3 is 0 Å². The largest absolute Gasteiger partial charge is 0.497 e. The molecule has 1 fully saturated rings. The van der Waals surface area contributed by atoms with E-state index in [-0.39, 0.29) is 34.6 Å². The summed E-state index contributed by atoms with van der Waals surface area (Å²) in [4.78, 5) is 28.6. The minimum absolute atomic E-state index is 0.00682. The van der Waals surface area contributed by atoms with Crippen LogP contribution in [0.2, 0.25) is 0 Å². The van der Waals surface area contributed by atoms with Crippen molar-refractivity contribution < 1.29 is 27.1 Å². The van der Waals surface area contributed by atoms with Crippen molar-refractivity contribution in [2.45, 2.75) is 62.6 Å². The number of benzene rings is 3. The predicted octanol–water partition coefficient (Wildman–Crippen LogP) is 4.90. The topological polar surface area (TPSA) is 96.0 Å². The number of hydrogen-bond donors (Lipinski definition) is 1. The first kappa shape index (κ1) is 30.0. The van der Waals surface area contributed by atoms with Gasteiger partial charge in [0, 0.05) is 18.2 Å². The van der Waals surface area contributed by atoms with Gasteiger partial charge in [0.2, 0.25) is 11.8 Å². The number of ether oxygens (including phenoxy) is 1. The van der Waals surface area contributed by atoms with Gasteiger partial charge in [0.05, 0.1) is 17.7 Å². The number of anilines is 1. The molecular weight excluding hydrogens is 545 g/mol. The van der Waals surface area contributed by atoms with E-state index in [1.165, 1.54) is 30.2 Å². The third kappa shape index (κ3) is 7.43. The molecule has 1 atom stereocenters. The molecule has 8 nitrogen and oxygen atoms in total. The Balaban J connectivity index is 1.67. The summed E-state index contributed by atoms with van der Waals surface area (Å²) >= 11 is 0. The first-order valence-corrected chi connectivity index (χ1v) is 15.2. The minimum atomic E-state index is -4.18. The average molecular weight is 582 g/mol. The lowest BCUT2D eigenvalue weighted by atomic mass is 9.95. The summed E-state index contributed by atoms with van der Waals surface area (Å²) in [5, 5.41) is 3.04. The molecule has 0 unspecified atom stereocenters. The molecular formula is C31H36FN3O5S. The summed E-state index contributed by atoms with van der Waals surface area (Å²) < 4.78 is 48.5. The molecule has 0 aromatic heterocycles. The van der Waals surface area contributed by atoms with Crippen LogP contribution >= 0.6 is 0 Å². The van der Waals surface area contributed by atoms with Crippen molar-refractivity contribution in [3.63, 3.8) is 0 Å². The summed E-state index contributed by atoms with van der Waals surface area (Å²) in [6.07, 6.45) is 4.88. The van der Waals surface area contributed by atoms with Crippen LogP contribution in [0, 0.1) is 5.82 Å². The summed E-state index contributed by atoms with van der Waals surface area (Å²) in [7, 11) is -2.68. The zero-order valence-electron chi connectivity index (χ0n) is 23.3. The Morgan fingerprint density at radius 2 is 1.59 bits per heavy atom. The van der Waals surface area contributed by atoms with Gasteiger partial charge < -0.3 is 15.0 Å². The quantitative estimate of drug-likeness (QED) is 0.348. The molecule has 10 heteroatoms. The number of carbonyl (C=O) groups is 2. The van der Waals surface area contributed by atoms with E-state index in [1.807, 2.05) is 0 Å². The van der Waals surface area contributed by atoms with Crippen molar-refractivity contribution in [3.8, 4) is 5.75 Å². The maximum absolute atomic E-state index is 14.7. The molecule has 0 bridgehead atoms. The normalized spacial score (nSPS) is 14.6. The summed E-state index contributed by atoms with van der Waals surface area (Å²) in [5.41, 5.74) is 0.466. The molecule has 4 rings (SSSR count). The van der Waals surface area contributed by atoms with E-state index in [9.17, 15) is 22.4 Å². The monoisotopic (exact) mass is 581 g/mol. The Kier molecular flexibility index (Phi) is 9.99. The van der Waals surface area contributed by atoms with Crippen molar-refractivity contribution in [2.75, 3.05) is 18.0 Å². The molecule has 3 aromatic rings. The number of methoxy groups -OCH3 is 1. The van der Waals surface area contributed by atoms with E-state index >= 15 is 0 Å². The Bertz CT molecular complexity index is 1430. The van der Waals surface area contributed by atoms with Crippen LogP contribution in [-0.2, 0) is 26.2 Å². The van der Waals surface area contributed by atoms with Gasteiger partial charge in [-0.2, -0.15) is 0 Å². The minimum Gasteiger partial charge on any atom is -0.497 e. The molecule has 218 valence electrons. The second-order valence-corrected chi connectivity index (χ2v) is 12.0. The summed E-state index contributed by atoms with van der Waals surface area (Å²) in [5.74, 6) is -1.00. The van der Waals surface area contributed by atoms with Crippen molar-refractivity contribution >= 4 is 27.5 Å². The Morgan fingerprint density at radius 1 is 0.951 bits per heavy atom. The third-order valence-electron chi connectivity index (χ3n) is 7.39. The standard InChI is InChI=1S/C31H36FN3O5S/c1-23(31(37)33-25-12-5-3-6-13-25)34(21-24-11-9-10-16-29(24)32)30(36)22-35(26-17-19-27(40-2)20-18-26)41(38,39)28-14-7-4-8-15-28/h4,7-11,14-20,23,25H,3,5-6,12-13,21-22H2,1-2H3,(H,33,37)/t23-/m0/s1. The number of halogens is 1. The van der Waals surface area contributed by atoms with Crippen LogP contribution in [0.5, 0.6) is 5.75 Å². The fraction of sp³-hybridized carbons (Fsp3) is 0.355. The second-order valence-electron chi connectivity index (χ2n) is 10.2. The van der Waals surface area contributed by atoms with E-state index in [1.54, 1.807) is 67.6 Å². The highest BCUT2D eigenvalue weighted by Crippen LogP contribution is 2.27. The lowest BCUT2D eigenvalue weighted by molar-refractivity contribution is -0.139. The lowest BCUT2D eigenvalue weighted by Crippen LogP contribution is -2.53. The van der Waals surface area contributed by atoms with Crippen LogP contribution in [-0.4, -0.2) is 50.9 Å². The van der Waals surface area contributed by atoms with Crippen LogP contribution in [0.25, 0.3) is 0 Å². The van der Waals surface area contributed by atoms with Crippen molar-refractivity contribution in [2.24, 2.45) is 0 Å². The Morgan fingerprint density at radius 3 is 2.22 bits per heavy atom. The zero-order valence-corrected chi connectivity index (χ0v) is 24.1. The van der Waals surface area contributed by atoms with E-state index in [4.69, 9.17) is 4.74 Å². The smallest absolute Gasteiger partial charge is 0.264 e. The number of rotatable bonds is 11. The van der Waals surface area contributed by atoms with Crippen molar-refractivity contribution in [1.29, 1.82) is 0 Å². The zero-order chi connectivity index (χ0) is 29.4. The Hall–Kier alpha value is -3.92. The molecule has 0 radical (unpaired) electrons. The fourth-order valence-corrected chi connectivity index (χ4v) is 6.39.